The van der Waals surface area contributed by atoms with E-state index in [4.69, 9.17) is 14.2 Å². The molecule has 6 atom stereocenters. The summed E-state index contributed by atoms with van der Waals surface area (Å²) in [6.45, 7) is 8.63. The third kappa shape index (κ3) is 11.3. The van der Waals surface area contributed by atoms with E-state index in [1.807, 2.05) is 42.5 Å². The number of amides is 5. The molecule has 4 aliphatic heterocycles. The van der Waals surface area contributed by atoms with Gasteiger partial charge < -0.3 is 35.1 Å². The summed E-state index contributed by atoms with van der Waals surface area (Å²) in [6.07, 6.45) is 5.73. The molecule has 0 bridgehead atoms. The molecule has 1 saturated carbocycles. The fraction of sp³-hybridized carbons (Fsp3) is 0.675. The van der Waals surface area contributed by atoms with Crippen molar-refractivity contribution in [1.82, 2.24) is 34.8 Å². The topological polar surface area (TPSA) is 205 Å². The Bertz CT molecular complexity index is 1780. The molecule has 4 N–H and O–H groups in total. The average Bonchev–Trinajstić information content (AvgIpc) is 3.47. The van der Waals surface area contributed by atoms with E-state index in [0.29, 0.717) is 58.5 Å². The van der Waals surface area contributed by atoms with Gasteiger partial charge in [-0.25, -0.2) is 14.3 Å². The molecule has 0 aromatic heterocycles. The first-order valence-electron chi connectivity index (χ1n) is 20.6. The predicted molar refractivity (Wildman–Crippen MR) is 212 cm³/mol. The molecule has 4 fully saturated rings. The van der Waals surface area contributed by atoms with E-state index >= 15 is 0 Å². The summed E-state index contributed by atoms with van der Waals surface area (Å²) in [6, 6.07) is 6.78. The van der Waals surface area contributed by atoms with E-state index < -0.39 is 81.4 Å². The van der Waals surface area contributed by atoms with Crippen molar-refractivity contribution in [1.29, 1.82) is 0 Å². The van der Waals surface area contributed by atoms with Crippen molar-refractivity contribution in [3.8, 4) is 0 Å². The molecule has 17 nitrogen and oxygen atoms in total. The van der Waals surface area contributed by atoms with Gasteiger partial charge in [0, 0.05) is 45.1 Å². The van der Waals surface area contributed by atoms with Crippen LogP contribution in [-0.4, -0.2) is 134 Å². The van der Waals surface area contributed by atoms with Crippen LogP contribution < -0.4 is 20.7 Å². The summed E-state index contributed by atoms with van der Waals surface area (Å²) in [4.78, 5) is 73.0. The number of ether oxygens (including phenoxy) is 3. The van der Waals surface area contributed by atoms with E-state index in [2.05, 4.69) is 25.6 Å². The number of nitrogens with zero attached hydrogens (tertiary/aromatic N) is 3. The molecule has 5 aliphatic rings. The summed E-state index contributed by atoms with van der Waals surface area (Å²) in [5.41, 5.74) is -1.54. The Labute approximate surface area is 341 Å². The van der Waals surface area contributed by atoms with Gasteiger partial charge in [0.25, 0.3) is 5.91 Å². The number of fused-ring (bicyclic) bond motifs is 2. The highest BCUT2D eigenvalue weighted by atomic mass is 32.2. The van der Waals surface area contributed by atoms with Gasteiger partial charge in [0.1, 0.15) is 29.3 Å². The van der Waals surface area contributed by atoms with Crippen LogP contribution in [0, 0.1) is 5.92 Å². The van der Waals surface area contributed by atoms with E-state index in [9.17, 15) is 32.4 Å². The third-order valence-electron chi connectivity index (χ3n) is 11.3. The Morgan fingerprint density at radius 2 is 1.71 bits per heavy atom. The number of benzene rings is 1. The van der Waals surface area contributed by atoms with Crippen molar-refractivity contribution in [3.05, 3.63) is 48.0 Å². The largest absolute Gasteiger partial charge is 0.444 e. The summed E-state index contributed by atoms with van der Waals surface area (Å²) >= 11 is 0. The van der Waals surface area contributed by atoms with Crippen LogP contribution in [0.25, 0.3) is 0 Å². The number of hydrogen-bond donors (Lipinski definition) is 4. The minimum Gasteiger partial charge on any atom is -0.444 e. The molecule has 1 aromatic rings. The van der Waals surface area contributed by atoms with Crippen LogP contribution in [0.15, 0.2) is 42.5 Å². The third-order valence-corrected chi connectivity index (χ3v) is 12.8. The lowest BCUT2D eigenvalue weighted by atomic mass is 10.0. The van der Waals surface area contributed by atoms with Gasteiger partial charge in [0.2, 0.25) is 11.8 Å². The van der Waals surface area contributed by atoms with Crippen LogP contribution in [0.2, 0.25) is 0 Å². The lowest BCUT2D eigenvalue weighted by Crippen LogP contribution is -2.59. The molecular weight excluding hydrogens is 771 g/mol. The summed E-state index contributed by atoms with van der Waals surface area (Å²) in [5.74, 6) is -2.61. The predicted octanol–water partition coefficient (Wildman–Crippen LogP) is 2.50. The van der Waals surface area contributed by atoms with Gasteiger partial charge in [-0.05, 0) is 64.9 Å². The summed E-state index contributed by atoms with van der Waals surface area (Å²) in [7, 11) is -4.16. The number of carbonyl (C=O) groups excluding carboxylic acids is 5. The highest BCUT2D eigenvalue weighted by Crippen LogP contribution is 2.46. The highest BCUT2D eigenvalue weighted by molar-refractivity contribution is 7.87. The number of rotatable bonds is 9. The van der Waals surface area contributed by atoms with E-state index in [-0.39, 0.29) is 38.9 Å². The quantitative estimate of drug-likeness (QED) is 0.266. The van der Waals surface area contributed by atoms with Crippen molar-refractivity contribution in [2.75, 3.05) is 52.5 Å². The van der Waals surface area contributed by atoms with Crippen LogP contribution in [0.1, 0.15) is 90.2 Å². The Kier molecular flexibility index (Phi) is 14.0. The second kappa shape index (κ2) is 18.8. The molecule has 5 amide bonds. The van der Waals surface area contributed by atoms with E-state index in [0.717, 1.165) is 18.4 Å². The second-order valence-electron chi connectivity index (χ2n) is 16.9. The van der Waals surface area contributed by atoms with E-state index in [1.54, 1.807) is 20.8 Å². The molecule has 58 heavy (non-hydrogen) atoms. The first kappa shape index (κ1) is 43.3. The zero-order valence-corrected chi connectivity index (χ0v) is 34.6. The summed E-state index contributed by atoms with van der Waals surface area (Å²) in [5, 5.41) is 8.54. The molecule has 320 valence electrons. The van der Waals surface area contributed by atoms with Gasteiger partial charge in [0.05, 0.1) is 25.8 Å². The van der Waals surface area contributed by atoms with Gasteiger partial charge in [-0.3, -0.25) is 19.3 Å². The van der Waals surface area contributed by atoms with Crippen LogP contribution >= 0.6 is 0 Å². The normalized spacial score (nSPS) is 28.7. The first-order chi connectivity index (χ1) is 27.6. The average molecular weight is 830 g/mol. The fourth-order valence-electron chi connectivity index (χ4n) is 8.11. The maximum atomic E-state index is 14.5. The number of carbonyl (C=O) groups is 5. The molecule has 2 unspecified atom stereocenters. The van der Waals surface area contributed by atoms with Crippen LogP contribution in [0.5, 0.6) is 0 Å². The Morgan fingerprint density at radius 3 is 2.41 bits per heavy atom. The maximum Gasteiger partial charge on any atom is 0.408 e. The zero-order valence-electron chi connectivity index (χ0n) is 33.8. The Morgan fingerprint density at radius 1 is 0.983 bits per heavy atom. The summed E-state index contributed by atoms with van der Waals surface area (Å²) < 4.78 is 46.8. The van der Waals surface area contributed by atoms with Gasteiger partial charge >= 0.3 is 22.4 Å². The molecule has 4 heterocycles. The molecule has 0 radical (unpaired) electrons. The Balaban J connectivity index is 1.24. The van der Waals surface area contributed by atoms with E-state index in [1.165, 1.54) is 9.21 Å². The standard InChI is InChI=1S/C40H59N7O10S/c1-39(2,3)57-38(52)41-31-17-11-6-4-5-10-16-29-25-40(29,36(50)44-58(53,54)46-18-12-13-19-46)43-34(48)33-24-30(26-47(33)35(31)49)56-37(51)42-32(28-14-8-7-9-15-28)27-45-20-22-55-23-21-45/h7-10,14-16,29-33H,4-6,11-13,17-27H2,1-3H3,(H,41,52)(H,42,51)(H,43,48)(H,44,50)/b16-10-/t29-,30+,31-,32?,33?,40+/m0/s1. The number of morpholine rings is 1. The van der Waals surface area contributed by atoms with Crippen molar-refractivity contribution < 1.29 is 46.6 Å². The minimum absolute atomic E-state index is 0.103. The Hall–Kier alpha value is -4.26. The SMILES string of the molecule is CC(C)(C)OC(=O)N[C@H]1CCCCC/C=C\[C@H]2C[C@@]2(C(=O)NS(=O)(=O)N2CCCC2)NC(=O)C2C[C@@H](OC(=O)NC(CN3CCOCC3)c3ccccc3)CN2C1=O. The van der Waals surface area contributed by atoms with Crippen molar-refractivity contribution in [2.24, 2.45) is 5.92 Å². The second-order valence-corrected chi connectivity index (χ2v) is 18.5. The van der Waals surface area contributed by atoms with Crippen molar-refractivity contribution >= 4 is 40.1 Å². The van der Waals surface area contributed by atoms with Gasteiger partial charge in [0.15, 0.2) is 0 Å². The van der Waals surface area contributed by atoms with Gasteiger partial charge in [-0.15, -0.1) is 0 Å². The molecule has 3 saturated heterocycles. The molecule has 1 aromatic carbocycles. The lowest BCUT2D eigenvalue weighted by molar-refractivity contribution is -0.141. The van der Waals surface area contributed by atoms with Gasteiger partial charge in [-0.1, -0.05) is 55.3 Å². The molecule has 18 heteroatoms. The van der Waals surface area contributed by atoms with Crippen LogP contribution in [0.4, 0.5) is 9.59 Å². The van der Waals surface area contributed by atoms with Gasteiger partial charge in [-0.2, -0.15) is 12.7 Å². The number of hydrogen-bond acceptors (Lipinski definition) is 11. The minimum atomic E-state index is -4.16. The lowest BCUT2D eigenvalue weighted by Gasteiger charge is -2.31. The molecule has 6 rings (SSSR count). The number of allylic oxidation sites excluding steroid dienone is 1. The van der Waals surface area contributed by atoms with Crippen molar-refractivity contribution in [3.63, 3.8) is 0 Å². The number of nitrogens with one attached hydrogen (secondary N) is 4. The van der Waals surface area contributed by atoms with Crippen molar-refractivity contribution in [2.45, 2.75) is 114 Å². The highest BCUT2D eigenvalue weighted by Gasteiger charge is 2.62. The first-order valence-corrected chi connectivity index (χ1v) is 22.0. The molecular formula is C40H59N7O10S. The zero-order chi connectivity index (χ0) is 41.5. The van der Waals surface area contributed by atoms with Crippen LogP contribution in [0.3, 0.4) is 0 Å². The fourth-order valence-corrected chi connectivity index (χ4v) is 9.39. The number of alkyl carbamates (subject to hydrolysis) is 2. The van der Waals surface area contributed by atoms with Crippen LogP contribution in [-0.2, 0) is 38.8 Å². The molecule has 1 aliphatic carbocycles. The molecule has 0 spiro atoms. The maximum absolute atomic E-state index is 14.5. The monoisotopic (exact) mass is 829 g/mol. The smallest absolute Gasteiger partial charge is 0.408 e.